The molecule has 164 valence electrons. The summed E-state index contributed by atoms with van der Waals surface area (Å²) in [5, 5.41) is 6.27. The van der Waals surface area contributed by atoms with E-state index < -0.39 is 0 Å². The van der Waals surface area contributed by atoms with Crippen molar-refractivity contribution in [2.45, 2.75) is 53.0 Å². The third-order valence-corrected chi connectivity index (χ3v) is 4.69. The summed E-state index contributed by atoms with van der Waals surface area (Å²) in [5.74, 6) is 1.25. The SMILES string of the molecule is CC.CCCCc1ccc(NC(=O)COC2=CC(C)Nc3ccc(OC)cc32)cc1.[HH]. The van der Waals surface area contributed by atoms with Crippen molar-refractivity contribution >= 4 is 23.0 Å². The fraction of sp³-hybridized carbons (Fsp3) is 0.400. The van der Waals surface area contributed by atoms with Gasteiger partial charge >= 0.3 is 0 Å². The number of amides is 1. The molecule has 0 spiro atoms. The van der Waals surface area contributed by atoms with Crippen molar-refractivity contribution in [2.75, 3.05) is 24.4 Å². The Morgan fingerprint density at radius 1 is 1.17 bits per heavy atom. The van der Waals surface area contributed by atoms with Crippen molar-refractivity contribution in [3.63, 3.8) is 0 Å². The van der Waals surface area contributed by atoms with Crippen LogP contribution in [0.4, 0.5) is 11.4 Å². The highest BCUT2D eigenvalue weighted by Gasteiger charge is 2.19. The number of carbonyl (C=O) groups excluding carboxylic acids is 1. The van der Waals surface area contributed by atoms with Gasteiger partial charge in [0, 0.05) is 24.4 Å². The Kier molecular flexibility index (Phi) is 9.26. The third kappa shape index (κ3) is 6.55. The van der Waals surface area contributed by atoms with Gasteiger partial charge in [-0.25, -0.2) is 0 Å². The molecule has 30 heavy (non-hydrogen) atoms. The lowest BCUT2D eigenvalue weighted by atomic mass is 10.0. The van der Waals surface area contributed by atoms with Gasteiger partial charge in [-0.1, -0.05) is 39.3 Å². The summed E-state index contributed by atoms with van der Waals surface area (Å²) in [6.07, 6.45) is 5.39. The van der Waals surface area contributed by atoms with Crippen LogP contribution in [-0.2, 0) is 16.0 Å². The molecule has 0 aromatic heterocycles. The summed E-state index contributed by atoms with van der Waals surface area (Å²) < 4.78 is 11.1. The Labute approximate surface area is 182 Å². The molecule has 5 nitrogen and oxygen atoms in total. The summed E-state index contributed by atoms with van der Waals surface area (Å²) >= 11 is 0. The first-order valence-electron chi connectivity index (χ1n) is 10.8. The molecule has 0 aliphatic carbocycles. The summed E-state index contributed by atoms with van der Waals surface area (Å²) in [7, 11) is 1.63. The van der Waals surface area contributed by atoms with Gasteiger partial charge in [-0.05, 0) is 61.7 Å². The molecule has 2 aromatic carbocycles. The Balaban J connectivity index is 0.00000156. The van der Waals surface area contributed by atoms with Crippen molar-refractivity contribution in [1.82, 2.24) is 0 Å². The van der Waals surface area contributed by atoms with E-state index in [2.05, 4.69) is 29.7 Å². The molecule has 3 rings (SSSR count). The van der Waals surface area contributed by atoms with E-state index in [9.17, 15) is 4.79 Å². The largest absolute Gasteiger partial charge is 0.497 e. The fourth-order valence-electron chi connectivity index (χ4n) is 3.19. The number of unbranched alkanes of at least 4 members (excludes halogenated alkanes) is 1. The molecule has 1 unspecified atom stereocenters. The van der Waals surface area contributed by atoms with Crippen LogP contribution in [0.15, 0.2) is 48.5 Å². The number of aryl methyl sites for hydroxylation is 1. The molecular weight excluding hydrogens is 376 g/mol. The highest BCUT2D eigenvalue weighted by molar-refractivity contribution is 5.92. The average molecular weight is 413 g/mol. The van der Waals surface area contributed by atoms with Crippen LogP contribution in [0.5, 0.6) is 5.75 Å². The smallest absolute Gasteiger partial charge is 0.262 e. The maximum atomic E-state index is 12.3. The molecule has 1 amide bonds. The lowest BCUT2D eigenvalue weighted by Crippen LogP contribution is -2.22. The van der Waals surface area contributed by atoms with Gasteiger partial charge in [-0.15, -0.1) is 0 Å². The maximum absolute atomic E-state index is 12.3. The number of benzene rings is 2. The minimum atomic E-state index is -0.183. The lowest BCUT2D eigenvalue weighted by molar-refractivity contribution is -0.118. The number of hydrogen-bond donors (Lipinski definition) is 2. The Bertz CT molecular complexity index is 850. The predicted octanol–water partition coefficient (Wildman–Crippen LogP) is 6.12. The Hall–Kier alpha value is -2.95. The van der Waals surface area contributed by atoms with Gasteiger partial charge in [-0.2, -0.15) is 0 Å². The van der Waals surface area contributed by atoms with Gasteiger partial charge < -0.3 is 20.1 Å². The van der Waals surface area contributed by atoms with Gasteiger partial charge in [0.1, 0.15) is 11.5 Å². The molecule has 1 heterocycles. The molecule has 5 heteroatoms. The second-order valence-corrected chi connectivity index (χ2v) is 7.01. The number of carbonyl (C=O) groups is 1. The van der Waals surface area contributed by atoms with Crippen molar-refractivity contribution in [2.24, 2.45) is 0 Å². The number of methoxy groups -OCH3 is 1. The van der Waals surface area contributed by atoms with Crippen molar-refractivity contribution in [3.05, 3.63) is 59.7 Å². The van der Waals surface area contributed by atoms with Crippen LogP contribution in [0, 0.1) is 0 Å². The molecule has 2 aromatic rings. The van der Waals surface area contributed by atoms with E-state index in [1.54, 1.807) is 7.11 Å². The van der Waals surface area contributed by atoms with Gasteiger partial charge in [0.25, 0.3) is 5.91 Å². The van der Waals surface area contributed by atoms with Crippen LogP contribution < -0.4 is 15.4 Å². The van der Waals surface area contributed by atoms with Crippen LogP contribution in [0.3, 0.4) is 0 Å². The summed E-state index contributed by atoms with van der Waals surface area (Å²) in [6, 6.07) is 13.9. The van der Waals surface area contributed by atoms with Gasteiger partial charge in [-0.3, -0.25) is 4.79 Å². The fourth-order valence-corrected chi connectivity index (χ4v) is 3.19. The van der Waals surface area contributed by atoms with E-state index in [-0.39, 0.29) is 20.0 Å². The summed E-state index contributed by atoms with van der Waals surface area (Å²) in [4.78, 5) is 12.3. The first-order valence-corrected chi connectivity index (χ1v) is 10.8. The molecule has 0 bridgehead atoms. The van der Waals surface area contributed by atoms with E-state index >= 15 is 0 Å². The molecule has 1 aliphatic heterocycles. The highest BCUT2D eigenvalue weighted by atomic mass is 16.5. The Morgan fingerprint density at radius 2 is 1.90 bits per heavy atom. The number of hydrogen-bond acceptors (Lipinski definition) is 4. The van der Waals surface area contributed by atoms with Crippen molar-refractivity contribution in [3.8, 4) is 5.75 Å². The van der Waals surface area contributed by atoms with Crippen LogP contribution in [0.1, 0.15) is 53.1 Å². The number of rotatable bonds is 8. The van der Waals surface area contributed by atoms with E-state index in [0.29, 0.717) is 5.76 Å². The van der Waals surface area contributed by atoms with Gasteiger partial charge in [0.05, 0.1) is 7.11 Å². The van der Waals surface area contributed by atoms with Crippen LogP contribution in [-0.4, -0.2) is 25.7 Å². The quantitative estimate of drug-likeness (QED) is 0.548. The molecule has 2 N–H and O–H groups in total. The third-order valence-electron chi connectivity index (χ3n) is 4.69. The van der Waals surface area contributed by atoms with E-state index in [1.807, 2.05) is 57.2 Å². The highest BCUT2D eigenvalue weighted by Crippen LogP contribution is 2.33. The van der Waals surface area contributed by atoms with E-state index in [4.69, 9.17) is 9.47 Å². The number of fused-ring (bicyclic) bond motifs is 1. The first-order chi connectivity index (χ1) is 14.6. The molecule has 0 fully saturated rings. The number of ether oxygens (including phenoxy) is 2. The molecule has 1 atom stereocenters. The molecule has 0 radical (unpaired) electrons. The zero-order chi connectivity index (χ0) is 21.9. The zero-order valence-electron chi connectivity index (χ0n) is 18.7. The molecule has 0 saturated heterocycles. The van der Waals surface area contributed by atoms with E-state index in [1.165, 1.54) is 18.4 Å². The van der Waals surface area contributed by atoms with Crippen LogP contribution in [0.25, 0.3) is 5.76 Å². The minimum absolute atomic E-state index is 0. The lowest BCUT2D eigenvalue weighted by Gasteiger charge is -2.24. The maximum Gasteiger partial charge on any atom is 0.262 e. The molecule has 0 saturated carbocycles. The van der Waals surface area contributed by atoms with Crippen LogP contribution in [0.2, 0.25) is 0 Å². The van der Waals surface area contributed by atoms with Gasteiger partial charge in [0.2, 0.25) is 0 Å². The molecular formula is C25H36N2O3. The second kappa shape index (κ2) is 11.9. The minimum Gasteiger partial charge on any atom is -0.497 e. The number of anilines is 2. The van der Waals surface area contributed by atoms with E-state index in [0.717, 1.165) is 29.1 Å². The summed E-state index contributed by atoms with van der Waals surface area (Å²) in [6.45, 7) is 8.17. The first kappa shape index (κ1) is 23.3. The van der Waals surface area contributed by atoms with Crippen LogP contribution >= 0.6 is 0 Å². The van der Waals surface area contributed by atoms with Crippen molar-refractivity contribution < 1.29 is 15.7 Å². The summed E-state index contributed by atoms with van der Waals surface area (Å²) in [5.41, 5.74) is 3.93. The normalized spacial score (nSPS) is 14.3. The monoisotopic (exact) mass is 412 g/mol. The van der Waals surface area contributed by atoms with Gasteiger partial charge in [0.15, 0.2) is 6.61 Å². The molecule has 1 aliphatic rings. The topological polar surface area (TPSA) is 59.6 Å². The predicted molar refractivity (Wildman–Crippen MR) is 127 cm³/mol. The Morgan fingerprint density at radius 3 is 2.57 bits per heavy atom. The van der Waals surface area contributed by atoms with Crippen molar-refractivity contribution in [1.29, 1.82) is 0 Å². The standard InChI is InChI=1S/C23H28N2O3.C2H6.H2/c1-4-5-6-17-7-9-18(10-8-17)25-23(26)15-28-22-13-16(2)24-21-12-11-19(27-3)14-20(21)22;1-2;/h7-14,16,24H,4-6,15H2,1-3H3,(H,25,26);1-2H3;1H. The second-order valence-electron chi connectivity index (χ2n) is 7.01. The average Bonchev–Trinajstić information content (AvgIpc) is 2.78. The number of nitrogens with one attached hydrogen (secondary N) is 2. The zero-order valence-corrected chi connectivity index (χ0v) is 18.7.